The van der Waals surface area contributed by atoms with Gasteiger partial charge in [-0.15, -0.1) is 0 Å². The zero-order chi connectivity index (χ0) is 8.16. The van der Waals surface area contributed by atoms with Crippen molar-refractivity contribution in [1.29, 1.82) is 0 Å². The molecule has 0 amide bonds. The predicted molar refractivity (Wildman–Crippen MR) is 42.4 cm³/mol. The summed E-state index contributed by atoms with van der Waals surface area (Å²) >= 11 is 0. The molecule has 0 unspecified atom stereocenters. The fourth-order valence-corrected chi connectivity index (χ4v) is 1.38. The van der Waals surface area contributed by atoms with Crippen LogP contribution in [0.1, 0.15) is 19.8 Å². The van der Waals surface area contributed by atoms with Crippen LogP contribution >= 0.6 is 0 Å². The minimum Gasteiger partial charge on any atom is -0.372 e. The third-order valence-electron chi connectivity index (χ3n) is 2.19. The Kier molecular flexibility index (Phi) is 3.27. The van der Waals surface area contributed by atoms with Crippen molar-refractivity contribution in [2.75, 3.05) is 26.4 Å². The van der Waals surface area contributed by atoms with E-state index in [9.17, 15) is 4.39 Å². The Bertz CT molecular complexity index is 113. The average Bonchev–Trinajstić information content (AvgIpc) is 2.03. The van der Waals surface area contributed by atoms with Crippen molar-refractivity contribution in [3.05, 3.63) is 0 Å². The van der Waals surface area contributed by atoms with Crippen molar-refractivity contribution < 1.29 is 9.13 Å². The SMILES string of the molecule is CC1(OCCF)CCNCC1. The lowest BCUT2D eigenvalue weighted by molar-refractivity contribution is -0.0557. The summed E-state index contributed by atoms with van der Waals surface area (Å²) in [4.78, 5) is 0. The van der Waals surface area contributed by atoms with Crippen molar-refractivity contribution in [3.63, 3.8) is 0 Å². The van der Waals surface area contributed by atoms with Crippen molar-refractivity contribution in [2.24, 2.45) is 0 Å². The van der Waals surface area contributed by atoms with Gasteiger partial charge in [0, 0.05) is 0 Å². The Morgan fingerprint density at radius 2 is 2.09 bits per heavy atom. The average molecular weight is 161 g/mol. The first-order valence-electron chi connectivity index (χ1n) is 4.17. The maximum atomic E-state index is 11.8. The number of rotatable bonds is 3. The lowest BCUT2D eigenvalue weighted by Crippen LogP contribution is -2.42. The van der Waals surface area contributed by atoms with Crippen LogP contribution < -0.4 is 5.32 Å². The first kappa shape index (κ1) is 8.94. The van der Waals surface area contributed by atoms with E-state index in [1.807, 2.05) is 0 Å². The minimum absolute atomic E-state index is 0.0721. The highest BCUT2D eigenvalue weighted by Gasteiger charge is 2.26. The quantitative estimate of drug-likeness (QED) is 0.669. The molecule has 1 aliphatic rings. The summed E-state index contributed by atoms with van der Waals surface area (Å²) in [5.41, 5.74) is -0.0721. The van der Waals surface area contributed by atoms with Crippen molar-refractivity contribution in [2.45, 2.75) is 25.4 Å². The molecule has 1 saturated heterocycles. The standard InChI is InChI=1S/C8H16FNO/c1-8(11-7-4-9)2-5-10-6-3-8/h10H,2-7H2,1H3. The van der Waals surface area contributed by atoms with E-state index in [0.29, 0.717) is 0 Å². The molecule has 0 saturated carbocycles. The second-order valence-electron chi connectivity index (χ2n) is 3.24. The monoisotopic (exact) mass is 161 g/mol. The molecule has 0 bridgehead atoms. The summed E-state index contributed by atoms with van der Waals surface area (Å²) in [7, 11) is 0. The van der Waals surface area contributed by atoms with Crippen LogP contribution in [0.25, 0.3) is 0 Å². The summed E-state index contributed by atoms with van der Waals surface area (Å²) in [6.45, 7) is 3.91. The molecule has 0 radical (unpaired) electrons. The molecule has 1 aliphatic heterocycles. The van der Waals surface area contributed by atoms with Gasteiger partial charge in [-0.3, -0.25) is 0 Å². The highest BCUT2D eigenvalue weighted by Crippen LogP contribution is 2.21. The van der Waals surface area contributed by atoms with Crippen LogP contribution in [-0.4, -0.2) is 32.0 Å². The van der Waals surface area contributed by atoms with Crippen LogP contribution in [0.2, 0.25) is 0 Å². The molecule has 1 N–H and O–H groups in total. The summed E-state index contributed by atoms with van der Waals surface area (Å²) in [6.07, 6.45) is 1.99. The third kappa shape index (κ3) is 2.75. The van der Waals surface area contributed by atoms with Gasteiger partial charge >= 0.3 is 0 Å². The molecule has 0 atom stereocenters. The fraction of sp³-hybridized carbons (Fsp3) is 1.00. The van der Waals surface area contributed by atoms with E-state index >= 15 is 0 Å². The molecule has 1 heterocycles. The van der Waals surface area contributed by atoms with Crippen LogP contribution in [0.5, 0.6) is 0 Å². The van der Waals surface area contributed by atoms with Crippen molar-refractivity contribution in [3.8, 4) is 0 Å². The van der Waals surface area contributed by atoms with Gasteiger partial charge in [0.1, 0.15) is 6.67 Å². The van der Waals surface area contributed by atoms with Crippen LogP contribution in [0.15, 0.2) is 0 Å². The molecule has 66 valence electrons. The van der Waals surface area contributed by atoms with Gasteiger partial charge in [-0.05, 0) is 32.9 Å². The van der Waals surface area contributed by atoms with Gasteiger partial charge in [-0.1, -0.05) is 0 Å². The van der Waals surface area contributed by atoms with Crippen LogP contribution in [-0.2, 0) is 4.74 Å². The van der Waals surface area contributed by atoms with E-state index < -0.39 is 0 Å². The molecule has 0 aliphatic carbocycles. The van der Waals surface area contributed by atoms with E-state index in [4.69, 9.17) is 4.74 Å². The van der Waals surface area contributed by atoms with Gasteiger partial charge < -0.3 is 10.1 Å². The number of piperidine rings is 1. The van der Waals surface area contributed by atoms with E-state index in [1.165, 1.54) is 0 Å². The van der Waals surface area contributed by atoms with Gasteiger partial charge in [0.2, 0.25) is 0 Å². The Morgan fingerprint density at radius 1 is 1.45 bits per heavy atom. The molecule has 1 rings (SSSR count). The Morgan fingerprint density at radius 3 is 2.64 bits per heavy atom. The molecular formula is C8H16FNO. The molecule has 0 aromatic heterocycles. The first-order chi connectivity index (χ1) is 5.27. The van der Waals surface area contributed by atoms with E-state index in [1.54, 1.807) is 0 Å². The molecule has 0 aromatic rings. The smallest absolute Gasteiger partial charge is 0.113 e. The molecular weight excluding hydrogens is 145 g/mol. The number of hydrogen-bond acceptors (Lipinski definition) is 2. The summed E-state index contributed by atoms with van der Waals surface area (Å²) < 4.78 is 17.2. The van der Waals surface area contributed by atoms with Gasteiger partial charge in [0.05, 0.1) is 12.2 Å². The van der Waals surface area contributed by atoms with Gasteiger partial charge in [-0.2, -0.15) is 0 Å². The molecule has 3 heteroatoms. The summed E-state index contributed by atoms with van der Waals surface area (Å²) in [5.74, 6) is 0. The molecule has 0 spiro atoms. The van der Waals surface area contributed by atoms with Crippen LogP contribution in [0.3, 0.4) is 0 Å². The molecule has 1 fully saturated rings. The maximum absolute atomic E-state index is 11.8. The topological polar surface area (TPSA) is 21.3 Å². The molecule has 11 heavy (non-hydrogen) atoms. The number of halogens is 1. The van der Waals surface area contributed by atoms with Gasteiger partial charge in [0.15, 0.2) is 0 Å². The lowest BCUT2D eigenvalue weighted by atomic mass is 9.95. The van der Waals surface area contributed by atoms with E-state index in [0.717, 1.165) is 25.9 Å². The third-order valence-corrected chi connectivity index (χ3v) is 2.19. The summed E-state index contributed by atoms with van der Waals surface area (Å²) in [5, 5.41) is 3.24. The number of alkyl halides is 1. The minimum atomic E-state index is -0.372. The highest BCUT2D eigenvalue weighted by molar-refractivity contribution is 4.81. The fourth-order valence-electron chi connectivity index (χ4n) is 1.38. The van der Waals surface area contributed by atoms with Crippen molar-refractivity contribution >= 4 is 0 Å². The first-order valence-corrected chi connectivity index (χ1v) is 4.17. The Balaban J connectivity index is 2.25. The number of nitrogens with one attached hydrogen (secondary N) is 1. The second kappa shape index (κ2) is 4.02. The zero-order valence-corrected chi connectivity index (χ0v) is 7.03. The van der Waals surface area contributed by atoms with Gasteiger partial charge in [0.25, 0.3) is 0 Å². The maximum Gasteiger partial charge on any atom is 0.113 e. The zero-order valence-electron chi connectivity index (χ0n) is 7.03. The van der Waals surface area contributed by atoms with Crippen molar-refractivity contribution in [1.82, 2.24) is 5.32 Å². The second-order valence-corrected chi connectivity index (χ2v) is 3.24. The summed E-state index contributed by atoms with van der Waals surface area (Å²) in [6, 6.07) is 0. The molecule has 0 aromatic carbocycles. The Labute approximate surface area is 67.1 Å². The van der Waals surface area contributed by atoms with E-state index in [2.05, 4.69) is 12.2 Å². The highest BCUT2D eigenvalue weighted by atomic mass is 19.1. The normalized spacial score (nSPS) is 23.5. The number of ether oxygens (including phenoxy) is 1. The van der Waals surface area contributed by atoms with Crippen LogP contribution in [0.4, 0.5) is 4.39 Å². The predicted octanol–water partition coefficient (Wildman–Crippen LogP) is 1.11. The Hall–Kier alpha value is -0.150. The van der Waals surface area contributed by atoms with Crippen LogP contribution in [0, 0.1) is 0 Å². The molecule has 2 nitrogen and oxygen atoms in total. The van der Waals surface area contributed by atoms with E-state index in [-0.39, 0.29) is 18.9 Å². The van der Waals surface area contributed by atoms with Gasteiger partial charge in [-0.25, -0.2) is 4.39 Å². The largest absolute Gasteiger partial charge is 0.372 e. The lowest BCUT2D eigenvalue weighted by Gasteiger charge is -2.33. The number of hydrogen-bond donors (Lipinski definition) is 1.